The Morgan fingerprint density at radius 1 is 1.04 bits per heavy atom. The molecule has 3 atom stereocenters. The minimum Gasteiger partial charge on any atom is -0.338 e. The number of hydrogen-bond donors (Lipinski definition) is 2. The summed E-state index contributed by atoms with van der Waals surface area (Å²) >= 11 is 1.85. The Balaban J connectivity index is 2.05. The number of hydrogen-bond acceptors (Lipinski definition) is 4. The Hall–Kier alpha value is -0.950. The number of likely N-dealkylation sites (tertiary alicyclic amines) is 1. The molecular weight excluding hydrogens is 372 g/mol. The fourth-order valence-corrected chi connectivity index (χ4v) is 4.82. The predicted octanol–water partition coefficient (Wildman–Crippen LogP) is 3.48. The summed E-state index contributed by atoms with van der Waals surface area (Å²) in [5.74, 6) is 1.19. The zero-order chi connectivity index (χ0) is 21.1. The lowest BCUT2D eigenvalue weighted by molar-refractivity contribution is -0.136. The number of amides is 3. The molecule has 2 N–H and O–H groups in total. The first kappa shape index (κ1) is 23.3. The second-order valence-electron chi connectivity index (χ2n) is 10.4. The van der Waals surface area contributed by atoms with Gasteiger partial charge < -0.3 is 15.5 Å². The molecular formula is C21H40N4O2S. The first-order valence-corrected chi connectivity index (χ1v) is 11.6. The molecule has 162 valence electrons. The SMILES string of the molecule is CC1CCCN1C(=O)C(NC(=O)NC(CN1CCCS1)C(C)(C)C)C(C)(C)C. The molecule has 2 fully saturated rings. The van der Waals surface area contributed by atoms with Gasteiger partial charge in [-0.3, -0.25) is 4.79 Å². The van der Waals surface area contributed by atoms with Crippen LogP contribution in [0.1, 0.15) is 67.7 Å². The molecule has 0 aliphatic carbocycles. The Morgan fingerprint density at radius 2 is 1.71 bits per heavy atom. The number of urea groups is 1. The quantitative estimate of drug-likeness (QED) is 0.679. The minimum absolute atomic E-state index is 0.0135. The van der Waals surface area contributed by atoms with E-state index in [1.807, 2.05) is 37.6 Å². The van der Waals surface area contributed by atoms with E-state index >= 15 is 0 Å². The van der Waals surface area contributed by atoms with E-state index in [4.69, 9.17) is 0 Å². The van der Waals surface area contributed by atoms with Crippen molar-refractivity contribution in [2.75, 3.05) is 25.4 Å². The van der Waals surface area contributed by atoms with E-state index in [0.717, 1.165) is 38.2 Å². The molecule has 3 amide bonds. The van der Waals surface area contributed by atoms with Crippen LogP contribution in [0.15, 0.2) is 0 Å². The molecule has 2 aliphatic rings. The van der Waals surface area contributed by atoms with Gasteiger partial charge in [-0.15, -0.1) is 0 Å². The van der Waals surface area contributed by atoms with Crippen molar-refractivity contribution in [3.05, 3.63) is 0 Å². The molecule has 3 unspecified atom stereocenters. The highest BCUT2D eigenvalue weighted by Crippen LogP contribution is 2.27. The number of nitrogens with one attached hydrogen (secondary N) is 2. The first-order valence-electron chi connectivity index (χ1n) is 10.6. The van der Waals surface area contributed by atoms with Gasteiger partial charge in [-0.2, -0.15) is 0 Å². The summed E-state index contributed by atoms with van der Waals surface area (Å²) in [5.41, 5.74) is -0.413. The van der Waals surface area contributed by atoms with Crippen LogP contribution in [0.5, 0.6) is 0 Å². The van der Waals surface area contributed by atoms with Gasteiger partial charge in [-0.05, 0) is 37.0 Å². The van der Waals surface area contributed by atoms with E-state index in [1.165, 1.54) is 6.42 Å². The molecule has 6 nitrogen and oxygen atoms in total. The molecule has 0 saturated carbocycles. The predicted molar refractivity (Wildman–Crippen MR) is 117 cm³/mol. The van der Waals surface area contributed by atoms with Gasteiger partial charge >= 0.3 is 6.03 Å². The highest BCUT2D eigenvalue weighted by atomic mass is 32.2. The van der Waals surface area contributed by atoms with E-state index in [9.17, 15) is 9.59 Å². The van der Waals surface area contributed by atoms with Crippen molar-refractivity contribution in [2.24, 2.45) is 10.8 Å². The normalized spacial score (nSPS) is 23.5. The standard InChI is InChI=1S/C21H40N4O2S/c1-15-10-8-12-25(15)18(26)17(21(5,6)7)23-19(27)22-16(20(2,3)4)14-24-11-9-13-28-24/h15-17H,8-14H2,1-7H3,(H2,22,23,27). The van der Waals surface area contributed by atoms with Gasteiger partial charge in [-0.25, -0.2) is 9.10 Å². The first-order chi connectivity index (χ1) is 12.9. The summed E-state index contributed by atoms with van der Waals surface area (Å²) in [4.78, 5) is 28.0. The molecule has 0 bridgehead atoms. The van der Waals surface area contributed by atoms with Gasteiger partial charge in [0.05, 0.1) is 0 Å². The Labute approximate surface area is 175 Å². The number of nitrogens with zero attached hydrogens (tertiary/aromatic N) is 2. The maximum absolute atomic E-state index is 13.2. The van der Waals surface area contributed by atoms with Crippen LogP contribution in [0.2, 0.25) is 0 Å². The summed E-state index contributed by atoms with van der Waals surface area (Å²) in [6.45, 7) is 17.2. The average Bonchev–Trinajstić information content (AvgIpc) is 3.21. The summed E-state index contributed by atoms with van der Waals surface area (Å²) in [6.07, 6.45) is 3.27. The van der Waals surface area contributed by atoms with Gasteiger partial charge in [0.1, 0.15) is 6.04 Å². The smallest absolute Gasteiger partial charge is 0.315 e. The average molecular weight is 413 g/mol. The zero-order valence-corrected chi connectivity index (χ0v) is 19.6. The maximum atomic E-state index is 13.2. The maximum Gasteiger partial charge on any atom is 0.315 e. The lowest BCUT2D eigenvalue weighted by atomic mass is 9.85. The van der Waals surface area contributed by atoms with Gasteiger partial charge in [-0.1, -0.05) is 53.5 Å². The van der Waals surface area contributed by atoms with Crippen LogP contribution in [-0.2, 0) is 4.79 Å². The lowest BCUT2D eigenvalue weighted by Crippen LogP contribution is -2.60. The molecule has 0 aromatic rings. The third kappa shape index (κ3) is 6.28. The number of rotatable bonds is 5. The van der Waals surface area contributed by atoms with E-state index in [0.29, 0.717) is 0 Å². The van der Waals surface area contributed by atoms with E-state index in [1.54, 1.807) is 0 Å². The molecule has 0 aromatic carbocycles. The van der Waals surface area contributed by atoms with Crippen LogP contribution in [0.4, 0.5) is 4.79 Å². The third-order valence-corrected chi connectivity index (χ3v) is 6.96. The van der Waals surface area contributed by atoms with Crippen molar-refractivity contribution < 1.29 is 9.59 Å². The summed E-state index contributed by atoms with van der Waals surface area (Å²) in [6, 6.07) is -0.518. The highest BCUT2D eigenvalue weighted by Gasteiger charge is 2.39. The van der Waals surface area contributed by atoms with E-state index in [2.05, 4.69) is 42.6 Å². The molecule has 7 heteroatoms. The van der Waals surface area contributed by atoms with Crippen LogP contribution < -0.4 is 10.6 Å². The van der Waals surface area contributed by atoms with Crippen molar-refractivity contribution in [3.8, 4) is 0 Å². The molecule has 2 rings (SSSR count). The molecule has 0 radical (unpaired) electrons. The second kappa shape index (κ2) is 9.24. The van der Waals surface area contributed by atoms with Crippen LogP contribution in [0.3, 0.4) is 0 Å². The molecule has 28 heavy (non-hydrogen) atoms. The van der Waals surface area contributed by atoms with Gasteiger partial charge in [0.15, 0.2) is 0 Å². The molecule has 2 heterocycles. The van der Waals surface area contributed by atoms with Gasteiger partial charge in [0, 0.05) is 37.5 Å². The van der Waals surface area contributed by atoms with Crippen LogP contribution in [-0.4, -0.2) is 64.7 Å². The van der Waals surface area contributed by atoms with Crippen molar-refractivity contribution in [2.45, 2.75) is 85.9 Å². The van der Waals surface area contributed by atoms with Crippen LogP contribution in [0, 0.1) is 10.8 Å². The number of carbonyl (C=O) groups is 2. The van der Waals surface area contributed by atoms with Crippen LogP contribution in [0.25, 0.3) is 0 Å². The second-order valence-corrected chi connectivity index (χ2v) is 11.6. The van der Waals surface area contributed by atoms with E-state index < -0.39 is 6.04 Å². The molecule has 0 aromatic heterocycles. The Bertz CT molecular complexity index is 550. The lowest BCUT2D eigenvalue weighted by Gasteiger charge is -2.37. The van der Waals surface area contributed by atoms with Gasteiger partial charge in [0.2, 0.25) is 5.91 Å². The zero-order valence-electron chi connectivity index (χ0n) is 18.8. The van der Waals surface area contributed by atoms with E-state index in [-0.39, 0.29) is 34.9 Å². The molecule has 2 aliphatic heterocycles. The largest absolute Gasteiger partial charge is 0.338 e. The summed E-state index contributed by atoms with van der Waals surface area (Å²) in [5, 5.41) is 6.18. The minimum atomic E-state index is -0.533. The van der Waals surface area contributed by atoms with Crippen molar-refractivity contribution >= 4 is 23.9 Å². The van der Waals surface area contributed by atoms with Crippen molar-refractivity contribution in [1.82, 2.24) is 19.8 Å². The van der Waals surface area contributed by atoms with Crippen LogP contribution >= 0.6 is 11.9 Å². The highest BCUT2D eigenvalue weighted by molar-refractivity contribution is 7.97. The third-order valence-electron chi connectivity index (χ3n) is 5.79. The molecule has 2 saturated heterocycles. The van der Waals surface area contributed by atoms with Crippen molar-refractivity contribution in [3.63, 3.8) is 0 Å². The summed E-state index contributed by atoms with van der Waals surface area (Å²) in [7, 11) is 0. The monoisotopic (exact) mass is 412 g/mol. The summed E-state index contributed by atoms with van der Waals surface area (Å²) < 4.78 is 2.34. The van der Waals surface area contributed by atoms with Crippen molar-refractivity contribution in [1.29, 1.82) is 0 Å². The van der Waals surface area contributed by atoms with Gasteiger partial charge in [0.25, 0.3) is 0 Å². The Kier molecular flexibility index (Phi) is 7.70. The number of carbonyl (C=O) groups excluding carboxylic acids is 2. The molecule has 0 spiro atoms. The fraction of sp³-hybridized carbons (Fsp3) is 0.905. The topological polar surface area (TPSA) is 64.7 Å². The Morgan fingerprint density at radius 3 is 2.18 bits per heavy atom. The fourth-order valence-electron chi connectivity index (χ4n) is 3.79.